The number of hydrogen-bond acceptors (Lipinski definition) is 4. The molecule has 156 valence electrons. The van der Waals surface area contributed by atoms with Crippen LogP contribution in [0, 0.1) is 0 Å². The van der Waals surface area contributed by atoms with Crippen LogP contribution in [0.3, 0.4) is 0 Å². The zero-order valence-electron chi connectivity index (χ0n) is 17.3. The van der Waals surface area contributed by atoms with Crippen molar-refractivity contribution in [3.63, 3.8) is 0 Å². The van der Waals surface area contributed by atoms with Crippen LogP contribution in [0.4, 0.5) is 0 Å². The zero-order valence-corrected chi connectivity index (χ0v) is 17.3. The summed E-state index contributed by atoms with van der Waals surface area (Å²) in [6.07, 6.45) is 9.63. The van der Waals surface area contributed by atoms with E-state index in [1.54, 1.807) is 0 Å². The molecule has 0 spiro atoms. The third kappa shape index (κ3) is 7.80. The highest BCUT2D eigenvalue weighted by atomic mass is 16.5. The lowest BCUT2D eigenvalue weighted by molar-refractivity contribution is -0.121. The molecule has 1 aromatic carbocycles. The largest absolute Gasteiger partial charge is 0.494 e. The molecule has 0 saturated carbocycles. The minimum atomic E-state index is 0.142. The SMILES string of the molecule is O=C(CCN1CCCCC1)NCc1ccc(OCCCN2CCCCC2)cc1. The second-order valence-corrected chi connectivity index (χ2v) is 8.18. The Bertz CT molecular complexity index is 564. The molecule has 0 aliphatic carbocycles. The van der Waals surface area contributed by atoms with E-state index in [0.29, 0.717) is 13.0 Å². The average molecular weight is 388 g/mol. The topological polar surface area (TPSA) is 44.8 Å². The van der Waals surface area contributed by atoms with Crippen LogP contribution in [0.5, 0.6) is 5.75 Å². The van der Waals surface area contributed by atoms with Crippen molar-refractivity contribution in [1.29, 1.82) is 0 Å². The van der Waals surface area contributed by atoms with E-state index in [4.69, 9.17) is 4.74 Å². The van der Waals surface area contributed by atoms with Gasteiger partial charge in [0.25, 0.3) is 0 Å². The Morgan fingerprint density at radius 3 is 2.11 bits per heavy atom. The number of carbonyl (C=O) groups is 1. The van der Waals surface area contributed by atoms with Crippen molar-refractivity contribution in [2.24, 2.45) is 0 Å². The van der Waals surface area contributed by atoms with Gasteiger partial charge in [0.05, 0.1) is 6.61 Å². The third-order valence-electron chi connectivity index (χ3n) is 5.85. The van der Waals surface area contributed by atoms with Crippen LogP contribution in [0.1, 0.15) is 56.9 Å². The predicted molar refractivity (Wildman–Crippen MR) is 114 cm³/mol. The highest BCUT2D eigenvalue weighted by Crippen LogP contribution is 2.14. The number of piperidine rings is 2. The minimum absolute atomic E-state index is 0.142. The average Bonchev–Trinajstić information content (AvgIpc) is 2.76. The summed E-state index contributed by atoms with van der Waals surface area (Å²) in [6, 6.07) is 8.11. The van der Waals surface area contributed by atoms with Crippen molar-refractivity contribution in [2.45, 2.75) is 57.9 Å². The quantitative estimate of drug-likeness (QED) is 0.625. The number of hydrogen-bond donors (Lipinski definition) is 1. The molecule has 0 bridgehead atoms. The summed E-state index contributed by atoms with van der Waals surface area (Å²) in [7, 11) is 0. The number of amides is 1. The first kappa shape index (κ1) is 21.1. The molecule has 0 radical (unpaired) electrons. The van der Waals surface area contributed by atoms with E-state index in [9.17, 15) is 4.79 Å². The summed E-state index contributed by atoms with van der Waals surface area (Å²) in [6.45, 7) is 8.17. The highest BCUT2D eigenvalue weighted by Gasteiger charge is 2.12. The van der Waals surface area contributed by atoms with Gasteiger partial charge in [-0.1, -0.05) is 25.0 Å². The van der Waals surface area contributed by atoms with Crippen molar-refractivity contribution in [3.05, 3.63) is 29.8 Å². The van der Waals surface area contributed by atoms with Crippen LogP contribution in [0.15, 0.2) is 24.3 Å². The van der Waals surface area contributed by atoms with Gasteiger partial charge in [-0.15, -0.1) is 0 Å². The van der Waals surface area contributed by atoms with E-state index in [1.807, 2.05) is 24.3 Å². The summed E-state index contributed by atoms with van der Waals surface area (Å²) in [5.74, 6) is 1.06. The van der Waals surface area contributed by atoms with Crippen molar-refractivity contribution in [2.75, 3.05) is 45.9 Å². The van der Waals surface area contributed by atoms with Crippen LogP contribution in [0.2, 0.25) is 0 Å². The lowest BCUT2D eigenvalue weighted by atomic mass is 10.1. The monoisotopic (exact) mass is 387 g/mol. The molecule has 0 aromatic heterocycles. The fourth-order valence-electron chi connectivity index (χ4n) is 4.10. The number of benzene rings is 1. The van der Waals surface area contributed by atoms with Crippen LogP contribution in [0.25, 0.3) is 0 Å². The Balaban J connectivity index is 1.26. The molecule has 3 rings (SSSR count). The Morgan fingerprint density at radius 1 is 0.857 bits per heavy atom. The molecule has 1 aromatic rings. The molecule has 1 amide bonds. The van der Waals surface area contributed by atoms with E-state index in [2.05, 4.69) is 15.1 Å². The van der Waals surface area contributed by atoms with Crippen LogP contribution < -0.4 is 10.1 Å². The first-order chi connectivity index (χ1) is 13.8. The van der Waals surface area contributed by atoms with Crippen molar-refractivity contribution >= 4 is 5.91 Å². The lowest BCUT2D eigenvalue weighted by Gasteiger charge is -2.26. The second-order valence-electron chi connectivity index (χ2n) is 8.18. The van der Waals surface area contributed by atoms with Crippen LogP contribution >= 0.6 is 0 Å². The third-order valence-corrected chi connectivity index (χ3v) is 5.85. The summed E-state index contributed by atoms with van der Waals surface area (Å²) in [4.78, 5) is 17.0. The fraction of sp³-hybridized carbons (Fsp3) is 0.696. The first-order valence-electron chi connectivity index (χ1n) is 11.2. The van der Waals surface area contributed by atoms with E-state index in [1.165, 1.54) is 51.6 Å². The van der Waals surface area contributed by atoms with Gasteiger partial charge < -0.3 is 19.9 Å². The Kier molecular flexibility index (Phi) is 9.11. The van der Waals surface area contributed by atoms with Gasteiger partial charge in [-0.25, -0.2) is 0 Å². The maximum atomic E-state index is 12.1. The van der Waals surface area contributed by atoms with Crippen molar-refractivity contribution in [1.82, 2.24) is 15.1 Å². The summed E-state index contributed by atoms with van der Waals surface area (Å²) in [5, 5.41) is 3.03. The first-order valence-corrected chi connectivity index (χ1v) is 11.2. The maximum Gasteiger partial charge on any atom is 0.221 e. The number of likely N-dealkylation sites (tertiary alicyclic amines) is 2. The minimum Gasteiger partial charge on any atom is -0.494 e. The van der Waals surface area contributed by atoms with Gasteiger partial charge in [0.2, 0.25) is 5.91 Å². The second kappa shape index (κ2) is 12.1. The van der Waals surface area contributed by atoms with Gasteiger partial charge >= 0.3 is 0 Å². The predicted octanol–water partition coefficient (Wildman–Crippen LogP) is 3.43. The van der Waals surface area contributed by atoms with Crippen molar-refractivity contribution < 1.29 is 9.53 Å². The highest BCUT2D eigenvalue weighted by molar-refractivity contribution is 5.76. The molecule has 5 heteroatoms. The Hall–Kier alpha value is -1.59. The molecule has 0 unspecified atom stereocenters. The molecule has 2 aliphatic heterocycles. The molecule has 2 heterocycles. The van der Waals surface area contributed by atoms with E-state index in [0.717, 1.165) is 50.5 Å². The summed E-state index contributed by atoms with van der Waals surface area (Å²) >= 11 is 0. The molecule has 2 fully saturated rings. The number of rotatable bonds is 10. The van der Waals surface area contributed by atoms with E-state index < -0.39 is 0 Å². The van der Waals surface area contributed by atoms with Gasteiger partial charge in [0.1, 0.15) is 5.75 Å². The van der Waals surface area contributed by atoms with Crippen LogP contribution in [-0.2, 0) is 11.3 Å². The van der Waals surface area contributed by atoms with Gasteiger partial charge in [-0.3, -0.25) is 4.79 Å². The number of ether oxygens (including phenoxy) is 1. The van der Waals surface area contributed by atoms with Crippen LogP contribution in [-0.4, -0.2) is 61.6 Å². The molecule has 0 atom stereocenters. The van der Waals surface area contributed by atoms with Gasteiger partial charge in [-0.2, -0.15) is 0 Å². The molecule has 2 aliphatic rings. The molecular formula is C23H37N3O2. The fourth-order valence-corrected chi connectivity index (χ4v) is 4.10. The number of carbonyl (C=O) groups excluding carboxylic acids is 1. The zero-order chi connectivity index (χ0) is 19.4. The molecular weight excluding hydrogens is 350 g/mol. The Morgan fingerprint density at radius 2 is 1.46 bits per heavy atom. The molecule has 2 saturated heterocycles. The van der Waals surface area contributed by atoms with E-state index >= 15 is 0 Å². The smallest absolute Gasteiger partial charge is 0.221 e. The maximum absolute atomic E-state index is 12.1. The van der Waals surface area contributed by atoms with Gasteiger partial charge in [0.15, 0.2) is 0 Å². The normalized spacial score (nSPS) is 18.7. The summed E-state index contributed by atoms with van der Waals surface area (Å²) in [5.41, 5.74) is 1.12. The van der Waals surface area contributed by atoms with E-state index in [-0.39, 0.29) is 5.91 Å². The van der Waals surface area contributed by atoms with Gasteiger partial charge in [-0.05, 0) is 76.0 Å². The number of nitrogens with one attached hydrogen (secondary N) is 1. The molecule has 28 heavy (non-hydrogen) atoms. The standard InChI is InChI=1S/C23H37N3O2/c27-23(12-18-26-15-5-2-6-16-26)24-20-21-8-10-22(11-9-21)28-19-7-17-25-13-3-1-4-14-25/h8-11H,1-7,12-20H2,(H,24,27). The van der Waals surface area contributed by atoms with Gasteiger partial charge in [0, 0.05) is 26.1 Å². The molecule has 5 nitrogen and oxygen atoms in total. The Labute approximate surface area is 170 Å². The lowest BCUT2D eigenvalue weighted by Crippen LogP contribution is -2.34. The van der Waals surface area contributed by atoms with Crippen molar-refractivity contribution in [3.8, 4) is 5.75 Å². The summed E-state index contributed by atoms with van der Waals surface area (Å²) < 4.78 is 5.86. The number of nitrogens with zero attached hydrogens (tertiary/aromatic N) is 2. The molecule has 1 N–H and O–H groups in total.